The molecular formula is C24H16BrFN4O2S. The maximum Gasteiger partial charge on any atom is 0.262 e. The second-order valence-electron chi connectivity index (χ2n) is 7.13. The fourth-order valence-electron chi connectivity index (χ4n) is 3.29. The van der Waals surface area contributed by atoms with E-state index in [9.17, 15) is 9.18 Å². The van der Waals surface area contributed by atoms with E-state index in [1.807, 2.05) is 41.8 Å². The lowest BCUT2D eigenvalue weighted by Crippen LogP contribution is -2.25. The first-order valence-electron chi connectivity index (χ1n) is 9.93. The summed E-state index contributed by atoms with van der Waals surface area (Å²) in [5, 5.41) is 9.37. The number of ether oxygens (including phenoxy) is 1. The zero-order valence-corrected chi connectivity index (χ0v) is 19.4. The van der Waals surface area contributed by atoms with Gasteiger partial charge in [0.1, 0.15) is 17.3 Å². The van der Waals surface area contributed by atoms with E-state index < -0.39 is 5.82 Å². The molecule has 164 valence electrons. The molecule has 0 spiro atoms. The monoisotopic (exact) mass is 522 g/mol. The molecule has 6 nitrogen and oxygen atoms in total. The number of rotatable bonds is 4. The van der Waals surface area contributed by atoms with Gasteiger partial charge in [-0.15, -0.1) is 11.3 Å². The van der Waals surface area contributed by atoms with E-state index in [1.165, 1.54) is 17.4 Å². The molecule has 1 amide bonds. The van der Waals surface area contributed by atoms with Gasteiger partial charge in [0.25, 0.3) is 5.91 Å². The Bertz CT molecular complexity index is 1460. The highest BCUT2D eigenvalue weighted by Crippen LogP contribution is 2.33. The predicted octanol–water partition coefficient (Wildman–Crippen LogP) is 5.56. The van der Waals surface area contributed by atoms with Gasteiger partial charge in [-0.05, 0) is 48.0 Å². The van der Waals surface area contributed by atoms with Crippen LogP contribution < -0.4 is 14.9 Å². The third-order valence-corrected chi connectivity index (χ3v) is 6.14. The minimum atomic E-state index is -0.413. The van der Waals surface area contributed by atoms with Gasteiger partial charge in [-0.1, -0.05) is 40.2 Å². The van der Waals surface area contributed by atoms with E-state index in [2.05, 4.69) is 31.3 Å². The molecule has 2 heterocycles. The van der Waals surface area contributed by atoms with Crippen molar-refractivity contribution in [3.63, 3.8) is 0 Å². The Hall–Kier alpha value is -3.56. The van der Waals surface area contributed by atoms with Crippen LogP contribution >= 0.6 is 27.3 Å². The van der Waals surface area contributed by atoms with E-state index in [-0.39, 0.29) is 18.2 Å². The van der Waals surface area contributed by atoms with Gasteiger partial charge in [0, 0.05) is 15.4 Å². The zero-order chi connectivity index (χ0) is 22.8. The molecule has 5 rings (SSSR count). The fraction of sp³-hybridized carbons (Fsp3) is 0.0417. The van der Waals surface area contributed by atoms with Crippen LogP contribution in [0.5, 0.6) is 5.75 Å². The SMILES string of the molecule is O=C1COc2ccc(-c3csc(=Nc4ccccc4F)n3N=Cc3cccc(Br)c3)cc2N1. The van der Waals surface area contributed by atoms with Gasteiger partial charge in [-0.2, -0.15) is 5.10 Å². The Morgan fingerprint density at radius 2 is 2.00 bits per heavy atom. The molecule has 0 radical (unpaired) electrons. The van der Waals surface area contributed by atoms with Crippen molar-refractivity contribution in [3.8, 4) is 17.0 Å². The number of carbonyl (C=O) groups excluding carboxylic acids is 1. The first-order valence-corrected chi connectivity index (χ1v) is 11.6. The molecule has 0 saturated carbocycles. The summed E-state index contributed by atoms with van der Waals surface area (Å²) in [6.07, 6.45) is 1.71. The molecule has 1 aliphatic heterocycles. The Morgan fingerprint density at radius 3 is 2.85 bits per heavy atom. The van der Waals surface area contributed by atoms with Crippen molar-refractivity contribution >= 4 is 50.8 Å². The highest BCUT2D eigenvalue weighted by molar-refractivity contribution is 9.10. The number of amides is 1. The number of halogens is 2. The first kappa shape index (κ1) is 21.3. The summed E-state index contributed by atoms with van der Waals surface area (Å²) in [5.41, 5.74) is 3.24. The van der Waals surface area contributed by atoms with Crippen LogP contribution in [-0.4, -0.2) is 23.4 Å². The Balaban J connectivity index is 1.64. The van der Waals surface area contributed by atoms with Crippen LogP contribution in [0, 0.1) is 5.82 Å². The minimum absolute atomic E-state index is 0.00655. The van der Waals surface area contributed by atoms with Gasteiger partial charge in [-0.3, -0.25) is 4.79 Å². The van der Waals surface area contributed by atoms with Crippen LogP contribution in [0.2, 0.25) is 0 Å². The molecule has 0 bridgehead atoms. The molecule has 0 atom stereocenters. The number of carbonyl (C=O) groups is 1. The number of hydrogen-bond acceptors (Lipinski definition) is 5. The summed E-state index contributed by atoms with van der Waals surface area (Å²) >= 11 is 4.80. The lowest BCUT2D eigenvalue weighted by atomic mass is 10.1. The number of fused-ring (bicyclic) bond motifs is 1. The van der Waals surface area contributed by atoms with E-state index >= 15 is 0 Å². The third kappa shape index (κ3) is 4.64. The molecule has 3 aromatic carbocycles. The van der Waals surface area contributed by atoms with Gasteiger partial charge in [-0.25, -0.2) is 14.1 Å². The number of para-hydroxylation sites is 1. The summed E-state index contributed by atoms with van der Waals surface area (Å²) in [6.45, 7) is -0.00655. The van der Waals surface area contributed by atoms with Crippen molar-refractivity contribution in [1.29, 1.82) is 0 Å². The van der Waals surface area contributed by atoms with Gasteiger partial charge >= 0.3 is 0 Å². The number of aromatic nitrogens is 1. The van der Waals surface area contributed by atoms with Gasteiger partial charge in [0.15, 0.2) is 6.61 Å². The largest absolute Gasteiger partial charge is 0.482 e. The zero-order valence-electron chi connectivity index (χ0n) is 17.0. The van der Waals surface area contributed by atoms with Crippen molar-refractivity contribution < 1.29 is 13.9 Å². The Kier molecular flexibility index (Phi) is 5.89. The summed E-state index contributed by atoms with van der Waals surface area (Å²) in [6, 6.07) is 19.6. The predicted molar refractivity (Wildman–Crippen MR) is 131 cm³/mol. The second kappa shape index (κ2) is 9.13. The molecule has 1 N–H and O–H groups in total. The highest BCUT2D eigenvalue weighted by atomic mass is 79.9. The average molecular weight is 523 g/mol. The summed E-state index contributed by atoms with van der Waals surface area (Å²) in [7, 11) is 0. The molecule has 4 aromatic rings. The standard InChI is InChI=1S/C24H16BrFN4O2S/c25-17-5-3-4-15(10-17)12-27-30-21(14-33-24(30)29-19-7-2-1-6-18(19)26)16-8-9-22-20(11-16)28-23(31)13-32-22/h1-12,14H,13H2,(H,28,31). The molecular weight excluding hydrogens is 507 g/mol. The number of hydrogen-bond donors (Lipinski definition) is 1. The van der Waals surface area contributed by atoms with Crippen LogP contribution in [0.4, 0.5) is 15.8 Å². The van der Waals surface area contributed by atoms with Gasteiger partial charge in [0.05, 0.1) is 17.6 Å². The Labute approximate surface area is 200 Å². The average Bonchev–Trinajstić information content (AvgIpc) is 3.21. The molecule has 33 heavy (non-hydrogen) atoms. The van der Waals surface area contributed by atoms with Crippen molar-refractivity contribution in [2.45, 2.75) is 0 Å². The van der Waals surface area contributed by atoms with Gasteiger partial charge in [0.2, 0.25) is 4.80 Å². The normalized spacial score (nSPS) is 13.6. The smallest absolute Gasteiger partial charge is 0.262 e. The van der Waals surface area contributed by atoms with E-state index in [0.29, 0.717) is 16.2 Å². The topological polar surface area (TPSA) is 68.0 Å². The fourth-order valence-corrected chi connectivity index (χ4v) is 4.55. The highest BCUT2D eigenvalue weighted by Gasteiger charge is 2.18. The molecule has 1 aliphatic rings. The van der Waals surface area contributed by atoms with E-state index in [1.54, 1.807) is 35.2 Å². The van der Waals surface area contributed by atoms with Crippen LogP contribution in [0.1, 0.15) is 5.56 Å². The molecule has 9 heteroatoms. The van der Waals surface area contributed by atoms with Crippen LogP contribution in [0.15, 0.2) is 86.7 Å². The summed E-state index contributed by atoms with van der Waals surface area (Å²) < 4.78 is 22.3. The van der Waals surface area contributed by atoms with Crippen LogP contribution in [0.3, 0.4) is 0 Å². The lowest BCUT2D eigenvalue weighted by Gasteiger charge is -2.18. The van der Waals surface area contributed by atoms with Crippen LogP contribution in [-0.2, 0) is 4.79 Å². The number of nitrogens with one attached hydrogen (secondary N) is 1. The first-order chi connectivity index (χ1) is 16.1. The maximum absolute atomic E-state index is 14.3. The van der Waals surface area contributed by atoms with Crippen molar-refractivity contribution in [2.75, 3.05) is 11.9 Å². The molecule has 1 aromatic heterocycles. The number of anilines is 1. The number of benzene rings is 3. The number of thiazole rings is 1. The summed E-state index contributed by atoms with van der Waals surface area (Å²) in [4.78, 5) is 16.8. The minimum Gasteiger partial charge on any atom is -0.482 e. The quantitative estimate of drug-likeness (QED) is 0.356. The third-order valence-electron chi connectivity index (χ3n) is 4.83. The number of nitrogens with zero attached hydrogens (tertiary/aromatic N) is 3. The second-order valence-corrected chi connectivity index (χ2v) is 8.88. The van der Waals surface area contributed by atoms with Crippen molar-refractivity contribution in [2.24, 2.45) is 10.1 Å². The van der Waals surface area contributed by atoms with E-state index in [4.69, 9.17) is 4.74 Å². The molecule has 0 unspecified atom stereocenters. The van der Waals surface area contributed by atoms with Crippen LogP contribution in [0.25, 0.3) is 11.3 Å². The summed E-state index contributed by atoms with van der Waals surface area (Å²) in [5.74, 6) is -0.0154. The molecule has 0 saturated heterocycles. The van der Waals surface area contributed by atoms with Gasteiger partial charge < -0.3 is 10.1 Å². The van der Waals surface area contributed by atoms with Crippen molar-refractivity contribution in [3.05, 3.63) is 92.8 Å². The van der Waals surface area contributed by atoms with Crippen molar-refractivity contribution in [1.82, 2.24) is 4.68 Å². The lowest BCUT2D eigenvalue weighted by molar-refractivity contribution is -0.118. The Morgan fingerprint density at radius 1 is 1.12 bits per heavy atom. The molecule has 0 fully saturated rings. The van der Waals surface area contributed by atoms with E-state index in [0.717, 1.165) is 21.3 Å². The molecule has 0 aliphatic carbocycles. The maximum atomic E-state index is 14.3.